The van der Waals surface area contributed by atoms with Crippen LogP contribution in [-0.2, 0) is 15.7 Å². The van der Waals surface area contributed by atoms with E-state index in [4.69, 9.17) is 37.5 Å². The van der Waals surface area contributed by atoms with Gasteiger partial charge in [0.25, 0.3) is 5.56 Å². The molecular weight excluding hydrogens is 609 g/mol. The minimum Gasteiger partial charge on any atom is -0.371 e. The SMILES string of the molecule is CC(C)(c1nc(-c2ccccc2)c(-c2cccc(OS(N)(=O)=O)c2)s1)c1c(Cl)cc(-n2ncc(=O)[nH]c2=O)cc1Cl. The Morgan fingerprint density at radius 2 is 1.63 bits per heavy atom. The van der Waals surface area contributed by atoms with Crippen molar-refractivity contribution in [2.45, 2.75) is 19.3 Å². The fourth-order valence-electron chi connectivity index (χ4n) is 4.32. The quantitative estimate of drug-likeness (QED) is 0.259. The maximum atomic E-state index is 12.3. The first-order valence-corrected chi connectivity index (χ1v) is 15.0. The van der Waals surface area contributed by atoms with Crippen molar-refractivity contribution in [3.05, 3.63) is 114 Å². The van der Waals surface area contributed by atoms with Crippen molar-refractivity contribution in [3.63, 3.8) is 0 Å². The second-order valence-electron chi connectivity index (χ2n) is 9.43. The highest BCUT2D eigenvalue weighted by Gasteiger charge is 2.33. The highest BCUT2D eigenvalue weighted by Crippen LogP contribution is 2.47. The Hall–Kier alpha value is -3.81. The monoisotopic (exact) mass is 629 g/mol. The smallest absolute Gasteiger partial charge is 0.371 e. The minimum atomic E-state index is -4.22. The third kappa shape index (κ3) is 5.97. The summed E-state index contributed by atoms with van der Waals surface area (Å²) in [5.74, 6) is 0.0611. The number of H-pyrrole nitrogens is 1. The summed E-state index contributed by atoms with van der Waals surface area (Å²) in [7, 11) is -4.22. The van der Waals surface area contributed by atoms with E-state index in [2.05, 4.69) is 10.1 Å². The number of rotatable bonds is 7. The first kappa shape index (κ1) is 28.7. The van der Waals surface area contributed by atoms with Gasteiger partial charge >= 0.3 is 16.0 Å². The fourth-order valence-corrected chi connectivity index (χ4v) is 6.83. The van der Waals surface area contributed by atoms with E-state index >= 15 is 0 Å². The molecule has 210 valence electrons. The van der Waals surface area contributed by atoms with Crippen LogP contribution in [0.1, 0.15) is 24.4 Å². The third-order valence-corrected chi connectivity index (χ3v) is 8.58. The Kier molecular flexibility index (Phi) is 7.62. The van der Waals surface area contributed by atoms with E-state index in [1.54, 1.807) is 12.1 Å². The average molecular weight is 631 g/mol. The summed E-state index contributed by atoms with van der Waals surface area (Å²) in [5.41, 5.74) is 0.830. The molecule has 3 aromatic carbocycles. The van der Waals surface area contributed by atoms with E-state index in [0.29, 0.717) is 21.8 Å². The van der Waals surface area contributed by atoms with Crippen LogP contribution < -0.4 is 20.6 Å². The number of hydrogen-bond acceptors (Lipinski definition) is 8. The van der Waals surface area contributed by atoms with Crippen molar-refractivity contribution in [1.29, 1.82) is 0 Å². The normalized spacial score (nSPS) is 11.9. The van der Waals surface area contributed by atoms with Crippen LogP contribution in [0.15, 0.2) is 82.5 Å². The van der Waals surface area contributed by atoms with E-state index in [-0.39, 0.29) is 21.5 Å². The Bertz CT molecular complexity index is 1980. The molecule has 0 bridgehead atoms. The molecule has 0 atom stereocenters. The Morgan fingerprint density at radius 1 is 0.976 bits per heavy atom. The van der Waals surface area contributed by atoms with Crippen molar-refractivity contribution in [2.75, 3.05) is 0 Å². The third-order valence-electron chi connectivity index (χ3n) is 6.13. The first-order chi connectivity index (χ1) is 19.3. The number of nitrogens with zero attached hydrogens (tertiary/aromatic N) is 3. The molecule has 0 radical (unpaired) electrons. The summed E-state index contributed by atoms with van der Waals surface area (Å²) in [6.45, 7) is 3.84. The van der Waals surface area contributed by atoms with E-state index < -0.39 is 27.0 Å². The van der Waals surface area contributed by atoms with Gasteiger partial charge in [0, 0.05) is 26.6 Å². The van der Waals surface area contributed by atoms with Crippen LogP contribution in [0.3, 0.4) is 0 Å². The Morgan fingerprint density at radius 3 is 2.27 bits per heavy atom. The van der Waals surface area contributed by atoms with E-state index in [0.717, 1.165) is 21.3 Å². The van der Waals surface area contributed by atoms with Gasteiger partial charge in [-0.3, -0.25) is 9.78 Å². The molecule has 14 heteroatoms. The molecule has 0 aliphatic heterocycles. The lowest BCUT2D eigenvalue weighted by atomic mass is 9.85. The predicted octanol–water partition coefficient (Wildman–Crippen LogP) is 4.93. The molecule has 0 saturated carbocycles. The van der Waals surface area contributed by atoms with Gasteiger partial charge < -0.3 is 4.18 Å². The first-order valence-electron chi connectivity index (χ1n) is 11.9. The van der Waals surface area contributed by atoms with Crippen molar-refractivity contribution in [2.24, 2.45) is 5.14 Å². The molecule has 10 nitrogen and oxygen atoms in total. The lowest BCUT2D eigenvalue weighted by molar-refractivity contribution is 0.488. The average Bonchev–Trinajstić information content (AvgIpc) is 3.34. The fraction of sp³-hybridized carbons (Fsp3) is 0.111. The highest BCUT2D eigenvalue weighted by atomic mass is 35.5. The lowest BCUT2D eigenvalue weighted by Gasteiger charge is -2.26. The van der Waals surface area contributed by atoms with Crippen LogP contribution in [0.2, 0.25) is 10.0 Å². The molecule has 5 rings (SSSR count). The van der Waals surface area contributed by atoms with Crippen LogP contribution in [0.4, 0.5) is 0 Å². The maximum absolute atomic E-state index is 12.3. The molecule has 0 saturated heterocycles. The van der Waals surface area contributed by atoms with E-state index in [1.165, 1.54) is 29.5 Å². The molecule has 2 aromatic heterocycles. The standard InChI is InChI=1S/C27H21Cl2N5O5S2/c1-27(2,22-19(28)12-17(13-20(22)29)34-26(36)32-21(35)14-31-34)25-33-23(15-7-4-3-5-8-15)24(40-25)16-9-6-10-18(11-16)39-41(30,37)38/h3-14H,1-2H3,(H2,30,37,38)(H,32,35,36). The van der Waals surface area contributed by atoms with Gasteiger partial charge in [-0.1, -0.05) is 65.7 Å². The summed E-state index contributed by atoms with van der Waals surface area (Å²) >= 11 is 14.9. The zero-order valence-corrected chi connectivity index (χ0v) is 24.6. The van der Waals surface area contributed by atoms with Crippen molar-refractivity contribution < 1.29 is 12.6 Å². The molecule has 2 heterocycles. The van der Waals surface area contributed by atoms with Gasteiger partial charge in [0.05, 0.1) is 16.3 Å². The van der Waals surface area contributed by atoms with Crippen LogP contribution in [-0.4, -0.2) is 28.2 Å². The molecule has 41 heavy (non-hydrogen) atoms. The van der Waals surface area contributed by atoms with Crippen molar-refractivity contribution in [3.8, 4) is 33.1 Å². The zero-order valence-electron chi connectivity index (χ0n) is 21.5. The number of aromatic nitrogens is 4. The Labute approximate surface area is 248 Å². The van der Waals surface area contributed by atoms with E-state index in [9.17, 15) is 18.0 Å². The number of aromatic amines is 1. The summed E-state index contributed by atoms with van der Waals surface area (Å²) in [6, 6.07) is 19.1. The zero-order chi connectivity index (χ0) is 29.5. The molecule has 0 aliphatic rings. The van der Waals surface area contributed by atoms with E-state index in [1.807, 2.05) is 50.2 Å². The van der Waals surface area contributed by atoms with Gasteiger partial charge in [-0.15, -0.1) is 11.3 Å². The molecular formula is C27H21Cl2N5O5S2. The second kappa shape index (κ2) is 10.9. The van der Waals surface area contributed by atoms with Gasteiger partial charge in [0.15, 0.2) is 0 Å². The molecule has 3 N–H and O–H groups in total. The van der Waals surface area contributed by atoms with Crippen molar-refractivity contribution in [1.82, 2.24) is 19.7 Å². The molecule has 0 spiro atoms. The summed E-state index contributed by atoms with van der Waals surface area (Å²) < 4.78 is 28.9. The number of nitrogens with one attached hydrogen (secondary N) is 1. The molecule has 5 aromatic rings. The molecule has 0 fully saturated rings. The topological polar surface area (TPSA) is 150 Å². The summed E-state index contributed by atoms with van der Waals surface area (Å²) in [6.07, 6.45) is 0.978. The number of nitrogens with two attached hydrogens (primary N) is 1. The van der Waals surface area contributed by atoms with Gasteiger partial charge in [0.1, 0.15) is 17.0 Å². The van der Waals surface area contributed by atoms with Crippen LogP contribution >= 0.6 is 34.5 Å². The molecule has 0 unspecified atom stereocenters. The predicted molar refractivity (Wildman–Crippen MR) is 159 cm³/mol. The van der Waals surface area contributed by atoms with Crippen LogP contribution in [0.5, 0.6) is 5.75 Å². The number of thiazole rings is 1. The summed E-state index contributed by atoms with van der Waals surface area (Å²) in [4.78, 5) is 31.6. The maximum Gasteiger partial charge on any atom is 0.380 e. The van der Waals surface area contributed by atoms with Gasteiger partial charge in [-0.25, -0.2) is 9.78 Å². The number of halogens is 2. The van der Waals surface area contributed by atoms with Gasteiger partial charge in [-0.2, -0.15) is 23.3 Å². The second-order valence-corrected chi connectivity index (χ2v) is 12.4. The number of hydrogen-bond donors (Lipinski definition) is 2. The Balaban J connectivity index is 1.65. The largest absolute Gasteiger partial charge is 0.380 e. The van der Waals surface area contributed by atoms with Gasteiger partial charge in [-0.05, 0) is 43.7 Å². The highest BCUT2D eigenvalue weighted by molar-refractivity contribution is 7.84. The lowest BCUT2D eigenvalue weighted by Crippen LogP contribution is -2.30. The van der Waals surface area contributed by atoms with Crippen molar-refractivity contribution >= 4 is 44.8 Å². The minimum absolute atomic E-state index is 0.0611. The molecule has 0 aliphatic carbocycles. The number of benzene rings is 3. The van der Waals surface area contributed by atoms with Crippen LogP contribution in [0, 0.1) is 0 Å². The van der Waals surface area contributed by atoms with Crippen LogP contribution in [0.25, 0.3) is 27.4 Å². The molecule has 0 amide bonds. The van der Waals surface area contributed by atoms with Gasteiger partial charge in [0.2, 0.25) is 0 Å². The summed E-state index contributed by atoms with van der Waals surface area (Å²) in [5, 5.41) is 10.1.